The third-order valence-corrected chi connectivity index (χ3v) is 6.23. The van der Waals surface area contributed by atoms with Crippen LogP contribution in [0.2, 0.25) is 0 Å². The van der Waals surface area contributed by atoms with E-state index in [4.69, 9.17) is 9.72 Å². The topological polar surface area (TPSA) is 70.5 Å². The SMILES string of the molecule is C=CC(=C)Nc1cc(Nc2nccc(-c3cn(C)c4ccccc34)n2)c(OC)cc1N(C)CCN(C)C. The summed E-state index contributed by atoms with van der Waals surface area (Å²) in [4.78, 5) is 13.6. The molecule has 0 bridgehead atoms. The van der Waals surface area contributed by atoms with Crippen LogP contribution in [0.3, 0.4) is 0 Å². The summed E-state index contributed by atoms with van der Waals surface area (Å²) in [7, 11) is 9.89. The molecule has 0 saturated heterocycles. The number of nitrogens with one attached hydrogen (secondary N) is 2. The van der Waals surface area contributed by atoms with Gasteiger partial charge in [-0.15, -0.1) is 0 Å². The highest BCUT2D eigenvalue weighted by molar-refractivity contribution is 5.95. The number of rotatable bonds is 11. The summed E-state index contributed by atoms with van der Waals surface area (Å²) in [6, 6.07) is 14.2. The number of hydrogen-bond donors (Lipinski definition) is 2. The summed E-state index contributed by atoms with van der Waals surface area (Å²) in [5.41, 5.74) is 6.34. The lowest BCUT2D eigenvalue weighted by Gasteiger charge is -2.26. The Balaban J connectivity index is 1.71. The third-order valence-electron chi connectivity index (χ3n) is 6.23. The minimum atomic E-state index is 0.478. The van der Waals surface area contributed by atoms with Crippen LogP contribution in [-0.4, -0.2) is 60.8 Å². The first-order valence-electron chi connectivity index (χ1n) is 12.1. The molecule has 0 atom stereocenters. The van der Waals surface area contributed by atoms with Gasteiger partial charge in [0.15, 0.2) is 0 Å². The molecule has 192 valence electrons. The molecule has 2 aromatic heterocycles. The summed E-state index contributed by atoms with van der Waals surface area (Å²) in [5.74, 6) is 1.16. The van der Waals surface area contributed by atoms with Crippen molar-refractivity contribution in [2.75, 3.05) is 56.9 Å². The smallest absolute Gasteiger partial charge is 0.227 e. The number of fused-ring (bicyclic) bond motifs is 1. The number of aryl methyl sites for hydroxylation is 1. The van der Waals surface area contributed by atoms with Crippen LogP contribution in [0.15, 0.2) is 79.8 Å². The highest BCUT2D eigenvalue weighted by atomic mass is 16.5. The predicted octanol–water partition coefficient (Wildman–Crippen LogP) is 5.50. The van der Waals surface area contributed by atoms with E-state index in [-0.39, 0.29) is 0 Å². The molecule has 0 aliphatic heterocycles. The van der Waals surface area contributed by atoms with Crippen molar-refractivity contribution in [3.05, 3.63) is 79.8 Å². The molecule has 4 rings (SSSR count). The van der Waals surface area contributed by atoms with Gasteiger partial charge in [0, 0.05) is 67.8 Å². The van der Waals surface area contributed by atoms with E-state index in [0.717, 1.165) is 52.3 Å². The first-order valence-corrected chi connectivity index (χ1v) is 12.1. The van der Waals surface area contributed by atoms with E-state index in [9.17, 15) is 0 Å². The van der Waals surface area contributed by atoms with Crippen molar-refractivity contribution in [3.63, 3.8) is 0 Å². The third kappa shape index (κ3) is 5.76. The zero-order valence-corrected chi connectivity index (χ0v) is 22.2. The average Bonchev–Trinajstić information content (AvgIpc) is 3.24. The van der Waals surface area contributed by atoms with Crippen LogP contribution in [0.4, 0.5) is 23.0 Å². The highest BCUT2D eigenvalue weighted by Crippen LogP contribution is 2.38. The molecule has 0 amide bonds. The summed E-state index contributed by atoms with van der Waals surface area (Å²) in [6.07, 6.45) is 5.55. The van der Waals surface area contributed by atoms with E-state index in [2.05, 4.69) is 82.6 Å². The molecule has 2 heterocycles. The van der Waals surface area contributed by atoms with Crippen LogP contribution in [-0.2, 0) is 7.05 Å². The second-order valence-corrected chi connectivity index (χ2v) is 9.21. The summed E-state index contributed by atoms with van der Waals surface area (Å²) in [6.45, 7) is 9.62. The van der Waals surface area contributed by atoms with E-state index in [0.29, 0.717) is 17.4 Å². The van der Waals surface area contributed by atoms with Gasteiger partial charge in [0.05, 0.1) is 29.9 Å². The molecule has 0 spiro atoms. The van der Waals surface area contributed by atoms with Crippen molar-refractivity contribution in [3.8, 4) is 17.0 Å². The van der Waals surface area contributed by atoms with Gasteiger partial charge in [-0.1, -0.05) is 31.4 Å². The van der Waals surface area contributed by atoms with Crippen LogP contribution in [0.5, 0.6) is 5.75 Å². The summed E-state index contributed by atoms with van der Waals surface area (Å²) >= 11 is 0. The molecule has 0 radical (unpaired) electrons. The number of hydrogen-bond acceptors (Lipinski definition) is 7. The number of para-hydroxylation sites is 1. The molecule has 8 heteroatoms. The first kappa shape index (κ1) is 25.8. The molecule has 0 saturated carbocycles. The van der Waals surface area contributed by atoms with Gasteiger partial charge in [0.2, 0.25) is 5.95 Å². The normalized spacial score (nSPS) is 11.0. The van der Waals surface area contributed by atoms with Crippen molar-refractivity contribution in [1.29, 1.82) is 0 Å². The Hall–Kier alpha value is -4.30. The number of allylic oxidation sites excluding steroid dienone is 1. The Morgan fingerprint density at radius 3 is 2.62 bits per heavy atom. The maximum atomic E-state index is 5.77. The van der Waals surface area contributed by atoms with Crippen LogP contribution in [0.1, 0.15) is 0 Å². The summed E-state index contributed by atoms with van der Waals surface area (Å²) < 4.78 is 7.88. The Kier molecular flexibility index (Phi) is 7.79. The predicted molar refractivity (Wildman–Crippen MR) is 155 cm³/mol. The van der Waals surface area contributed by atoms with Gasteiger partial charge >= 0.3 is 0 Å². The maximum Gasteiger partial charge on any atom is 0.227 e. The standard InChI is InChI=1S/C29H35N7O/c1-8-20(2)31-24-17-25(28(37-7)18-27(24)35(5)16-15-34(3)4)33-29-30-14-13-23(32-29)22-19-36(6)26-12-10-9-11-21(22)26/h8-14,17-19,31H,1-2,15-16H2,3-7H3,(H,30,32,33). The molecular weight excluding hydrogens is 462 g/mol. The average molecular weight is 498 g/mol. The first-order chi connectivity index (χ1) is 17.8. The quantitative estimate of drug-likeness (QED) is 0.265. The largest absolute Gasteiger partial charge is 0.494 e. The molecule has 0 aliphatic carbocycles. The van der Waals surface area contributed by atoms with Crippen molar-refractivity contribution < 1.29 is 4.74 Å². The number of anilines is 4. The molecule has 0 aliphatic rings. The molecule has 37 heavy (non-hydrogen) atoms. The summed E-state index contributed by atoms with van der Waals surface area (Å²) in [5, 5.41) is 7.86. The fourth-order valence-electron chi connectivity index (χ4n) is 4.18. The number of nitrogens with zero attached hydrogens (tertiary/aromatic N) is 5. The Labute approximate surface area is 218 Å². The van der Waals surface area contributed by atoms with E-state index in [1.165, 1.54) is 0 Å². The van der Waals surface area contributed by atoms with Crippen molar-refractivity contribution in [2.24, 2.45) is 7.05 Å². The minimum Gasteiger partial charge on any atom is -0.494 e. The molecule has 2 aromatic carbocycles. The second-order valence-electron chi connectivity index (χ2n) is 9.21. The van der Waals surface area contributed by atoms with Gasteiger partial charge in [-0.25, -0.2) is 9.97 Å². The minimum absolute atomic E-state index is 0.478. The monoisotopic (exact) mass is 497 g/mol. The van der Waals surface area contributed by atoms with Gasteiger partial charge in [0.25, 0.3) is 0 Å². The Bertz CT molecular complexity index is 1420. The number of aromatic nitrogens is 3. The maximum absolute atomic E-state index is 5.77. The molecule has 2 N–H and O–H groups in total. The fourth-order valence-corrected chi connectivity index (χ4v) is 4.18. The Morgan fingerprint density at radius 2 is 1.89 bits per heavy atom. The van der Waals surface area contributed by atoms with Crippen LogP contribution < -0.4 is 20.3 Å². The van der Waals surface area contributed by atoms with E-state index in [1.54, 1.807) is 19.4 Å². The number of ether oxygens (including phenoxy) is 1. The molecular formula is C29H35N7O. The Morgan fingerprint density at radius 1 is 1.11 bits per heavy atom. The lowest BCUT2D eigenvalue weighted by atomic mass is 10.1. The molecule has 0 unspecified atom stereocenters. The van der Waals surface area contributed by atoms with Crippen molar-refractivity contribution in [1.82, 2.24) is 19.4 Å². The zero-order valence-electron chi connectivity index (χ0n) is 22.2. The lowest BCUT2D eigenvalue weighted by Crippen LogP contribution is -2.29. The molecule has 4 aromatic rings. The van der Waals surface area contributed by atoms with E-state index in [1.807, 2.05) is 37.4 Å². The number of likely N-dealkylation sites (N-methyl/N-ethyl adjacent to an activating group) is 2. The van der Waals surface area contributed by atoms with Crippen LogP contribution in [0, 0.1) is 0 Å². The van der Waals surface area contributed by atoms with Gasteiger partial charge < -0.3 is 29.7 Å². The van der Waals surface area contributed by atoms with Crippen molar-refractivity contribution in [2.45, 2.75) is 0 Å². The fraction of sp³-hybridized carbons (Fsp3) is 0.241. The zero-order chi connectivity index (χ0) is 26.5. The molecule has 0 fully saturated rings. The van der Waals surface area contributed by atoms with E-state index >= 15 is 0 Å². The van der Waals surface area contributed by atoms with Crippen LogP contribution in [0.25, 0.3) is 22.2 Å². The van der Waals surface area contributed by atoms with E-state index < -0.39 is 0 Å². The lowest BCUT2D eigenvalue weighted by molar-refractivity contribution is 0.413. The molecule has 8 nitrogen and oxygen atoms in total. The van der Waals surface area contributed by atoms with Gasteiger partial charge in [0.1, 0.15) is 5.75 Å². The van der Waals surface area contributed by atoms with Gasteiger partial charge in [-0.05, 0) is 38.4 Å². The van der Waals surface area contributed by atoms with Gasteiger partial charge in [-0.3, -0.25) is 0 Å². The second kappa shape index (κ2) is 11.2. The number of methoxy groups -OCH3 is 1. The van der Waals surface area contributed by atoms with Crippen LogP contribution >= 0.6 is 0 Å². The van der Waals surface area contributed by atoms with Crippen molar-refractivity contribution >= 4 is 33.9 Å². The number of benzene rings is 2. The highest BCUT2D eigenvalue weighted by Gasteiger charge is 2.16. The van der Waals surface area contributed by atoms with Gasteiger partial charge in [-0.2, -0.15) is 0 Å².